The van der Waals surface area contributed by atoms with Crippen molar-refractivity contribution in [2.45, 2.75) is 25.5 Å². The summed E-state index contributed by atoms with van der Waals surface area (Å²) in [5.41, 5.74) is 5.76. The number of hydrogen-bond donors (Lipinski definition) is 1. The molecule has 1 atom stereocenters. The second kappa shape index (κ2) is 5.10. The third kappa shape index (κ3) is 3.10. The van der Waals surface area contributed by atoms with E-state index in [9.17, 15) is 0 Å². The summed E-state index contributed by atoms with van der Waals surface area (Å²) < 4.78 is 12.1. The third-order valence-electron chi connectivity index (χ3n) is 3.04. The average Bonchev–Trinajstić information content (AvgIpc) is 2.64. The number of halogens is 1. The molecule has 2 rings (SSSR count). The van der Waals surface area contributed by atoms with Gasteiger partial charge in [-0.1, -0.05) is 0 Å². The molecule has 4 nitrogen and oxygen atoms in total. The van der Waals surface area contributed by atoms with E-state index in [1.165, 1.54) is 0 Å². The largest absolute Gasteiger partial charge is 0.453 e. The second-order valence-electron chi connectivity index (χ2n) is 4.97. The van der Waals surface area contributed by atoms with Crippen LogP contribution in [-0.2, 0) is 4.74 Å². The topological polar surface area (TPSA) is 51.6 Å². The highest BCUT2D eigenvalue weighted by Crippen LogP contribution is 2.28. The lowest BCUT2D eigenvalue weighted by molar-refractivity contribution is -0.0985. The molecule has 1 aliphatic heterocycles. The van der Waals surface area contributed by atoms with Gasteiger partial charge in [-0.25, -0.2) is 0 Å². The quantitative estimate of drug-likeness (QED) is 0.929. The first-order valence-corrected chi connectivity index (χ1v) is 6.64. The van der Waals surface area contributed by atoms with E-state index in [0.29, 0.717) is 6.54 Å². The van der Waals surface area contributed by atoms with Crippen LogP contribution in [0.4, 0.5) is 0 Å². The van der Waals surface area contributed by atoms with E-state index in [1.807, 2.05) is 12.1 Å². The number of ether oxygens (including phenoxy) is 1. The van der Waals surface area contributed by atoms with Crippen LogP contribution in [-0.4, -0.2) is 36.7 Å². The number of nitrogens with zero attached hydrogens (tertiary/aromatic N) is 1. The van der Waals surface area contributed by atoms with Gasteiger partial charge >= 0.3 is 0 Å². The van der Waals surface area contributed by atoms with Gasteiger partial charge in [0.15, 0.2) is 4.67 Å². The summed E-state index contributed by atoms with van der Waals surface area (Å²) in [6, 6.07) is 4.01. The number of rotatable bonds is 3. The standard InChI is InChI=1S/C12H19BrN2O2/c1-12(2)8-15(5-6-16-12)9(7-14)10-3-4-11(13)17-10/h3-4,9H,5-8,14H2,1-2H3. The third-order valence-corrected chi connectivity index (χ3v) is 3.47. The van der Waals surface area contributed by atoms with E-state index in [2.05, 4.69) is 34.7 Å². The summed E-state index contributed by atoms with van der Waals surface area (Å²) in [5, 5.41) is 0. The number of morpholine rings is 1. The molecule has 0 saturated carbocycles. The monoisotopic (exact) mass is 302 g/mol. The van der Waals surface area contributed by atoms with Crippen molar-refractivity contribution in [3.8, 4) is 0 Å². The smallest absolute Gasteiger partial charge is 0.169 e. The lowest BCUT2D eigenvalue weighted by Gasteiger charge is -2.41. The first-order valence-electron chi connectivity index (χ1n) is 5.85. The first-order chi connectivity index (χ1) is 8.02. The van der Waals surface area contributed by atoms with Gasteiger partial charge in [-0.05, 0) is 41.9 Å². The fourth-order valence-electron chi connectivity index (χ4n) is 2.27. The zero-order valence-corrected chi connectivity index (χ0v) is 11.9. The van der Waals surface area contributed by atoms with Crippen LogP contribution < -0.4 is 5.73 Å². The van der Waals surface area contributed by atoms with Crippen molar-refractivity contribution in [1.29, 1.82) is 0 Å². The Balaban J connectivity index is 2.13. The summed E-state index contributed by atoms with van der Waals surface area (Å²) in [6.45, 7) is 7.26. The summed E-state index contributed by atoms with van der Waals surface area (Å²) in [4.78, 5) is 2.33. The van der Waals surface area contributed by atoms with Crippen LogP contribution in [0.1, 0.15) is 25.6 Å². The zero-order valence-electron chi connectivity index (χ0n) is 10.3. The summed E-state index contributed by atoms with van der Waals surface area (Å²) in [6.07, 6.45) is 0. The molecule has 1 fully saturated rings. The molecule has 96 valence electrons. The molecule has 0 amide bonds. The molecule has 0 radical (unpaired) electrons. The van der Waals surface area contributed by atoms with Crippen LogP contribution in [0.3, 0.4) is 0 Å². The highest BCUT2D eigenvalue weighted by molar-refractivity contribution is 9.10. The van der Waals surface area contributed by atoms with Gasteiger partial charge < -0.3 is 14.9 Å². The minimum Gasteiger partial charge on any atom is -0.453 e. The zero-order chi connectivity index (χ0) is 12.5. The van der Waals surface area contributed by atoms with Gasteiger partial charge in [0.1, 0.15) is 5.76 Å². The van der Waals surface area contributed by atoms with Gasteiger partial charge in [0, 0.05) is 19.6 Å². The van der Waals surface area contributed by atoms with Crippen molar-refractivity contribution < 1.29 is 9.15 Å². The van der Waals surface area contributed by atoms with E-state index in [0.717, 1.165) is 30.1 Å². The maximum absolute atomic E-state index is 5.88. The molecule has 0 bridgehead atoms. The Morgan fingerprint density at radius 2 is 2.29 bits per heavy atom. The SMILES string of the molecule is CC1(C)CN(C(CN)c2ccc(Br)o2)CCO1. The Labute approximate surface area is 110 Å². The molecule has 1 aromatic rings. The Hall–Kier alpha value is -0.360. The molecule has 1 aromatic heterocycles. The lowest BCUT2D eigenvalue weighted by Crippen LogP contribution is -2.50. The molecule has 2 heterocycles. The second-order valence-corrected chi connectivity index (χ2v) is 5.75. The van der Waals surface area contributed by atoms with Gasteiger partial charge in [-0.15, -0.1) is 0 Å². The Kier molecular flexibility index (Phi) is 3.92. The van der Waals surface area contributed by atoms with Crippen molar-refractivity contribution >= 4 is 15.9 Å². The van der Waals surface area contributed by atoms with Crippen LogP contribution in [0.15, 0.2) is 21.2 Å². The molecule has 5 heteroatoms. The molecular formula is C12H19BrN2O2. The summed E-state index contributed by atoms with van der Waals surface area (Å²) in [5.74, 6) is 0.914. The van der Waals surface area contributed by atoms with Gasteiger partial charge in [-0.2, -0.15) is 0 Å². The van der Waals surface area contributed by atoms with Gasteiger partial charge in [0.25, 0.3) is 0 Å². The normalized spacial score (nSPS) is 22.6. The highest BCUT2D eigenvalue weighted by Gasteiger charge is 2.32. The van der Waals surface area contributed by atoms with Crippen LogP contribution in [0.2, 0.25) is 0 Å². The molecule has 0 aromatic carbocycles. The fraction of sp³-hybridized carbons (Fsp3) is 0.667. The molecule has 0 spiro atoms. The van der Waals surface area contributed by atoms with Crippen LogP contribution >= 0.6 is 15.9 Å². The van der Waals surface area contributed by atoms with E-state index < -0.39 is 0 Å². The van der Waals surface area contributed by atoms with Crippen LogP contribution in [0, 0.1) is 0 Å². The van der Waals surface area contributed by atoms with Crippen LogP contribution in [0.25, 0.3) is 0 Å². The van der Waals surface area contributed by atoms with Crippen LogP contribution in [0.5, 0.6) is 0 Å². The Morgan fingerprint density at radius 1 is 1.53 bits per heavy atom. The van der Waals surface area contributed by atoms with Gasteiger partial charge in [0.2, 0.25) is 0 Å². The molecular weight excluding hydrogens is 284 g/mol. The summed E-state index contributed by atoms with van der Waals surface area (Å²) in [7, 11) is 0. The Morgan fingerprint density at radius 3 is 2.82 bits per heavy atom. The summed E-state index contributed by atoms with van der Waals surface area (Å²) >= 11 is 3.33. The van der Waals surface area contributed by atoms with Gasteiger partial charge in [0.05, 0.1) is 18.2 Å². The Bertz CT molecular complexity index is 378. The van der Waals surface area contributed by atoms with E-state index in [-0.39, 0.29) is 11.6 Å². The molecule has 1 saturated heterocycles. The average molecular weight is 303 g/mol. The van der Waals surface area contributed by atoms with E-state index >= 15 is 0 Å². The van der Waals surface area contributed by atoms with Gasteiger partial charge in [-0.3, -0.25) is 4.90 Å². The molecule has 1 aliphatic rings. The van der Waals surface area contributed by atoms with E-state index in [4.69, 9.17) is 14.9 Å². The van der Waals surface area contributed by atoms with Crippen molar-refractivity contribution in [3.05, 3.63) is 22.6 Å². The number of hydrogen-bond acceptors (Lipinski definition) is 4. The molecule has 0 aliphatic carbocycles. The van der Waals surface area contributed by atoms with Crippen molar-refractivity contribution in [2.24, 2.45) is 5.73 Å². The minimum absolute atomic E-state index is 0.116. The highest BCUT2D eigenvalue weighted by atomic mass is 79.9. The fourth-order valence-corrected chi connectivity index (χ4v) is 2.59. The lowest BCUT2D eigenvalue weighted by atomic mass is 10.0. The minimum atomic E-state index is -0.116. The number of furan rings is 1. The maximum atomic E-state index is 5.88. The predicted molar refractivity (Wildman–Crippen MR) is 69.8 cm³/mol. The first kappa shape index (κ1) is 13.1. The van der Waals surface area contributed by atoms with Crippen molar-refractivity contribution in [1.82, 2.24) is 4.90 Å². The molecule has 2 N–H and O–H groups in total. The predicted octanol–water partition coefficient (Wildman–Crippen LogP) is 2.15. The number of nitrogens with two attached hydrogens (primary N) is 1. The van der Waals surface area contributed by atoms with E-state index in [1.54, 1.807) is 0 Å². The van der Waals surface area contributed by atoms with Crippen molar-refractivity contribution in [3.63, 3.8) is 0 Å². The maximum Gasteiger partial charge on any atom is 0.169 e. The molecule has 17 heavy (non-hydrogen) atoms. The molecule has 1 unspecified atom stereocenters. The van der Waals surface area contributed by atoms with Crippen molar-refractivity contribution in [2.75, 3.05) is 26.2 Å².